The highest BCUT2D eigenvalue weighted by atomic mass is 19.1. The number of nitrogens with zero attached hydrogens (tertiary/aromatic N) is 2. The summed E-state index contributed by atoms with van der Waals surface area (Å²) in [5.41, 5.74) is -0.467. The zero-order valence-corrected chi connectivity index (χ0v) is 9.41. The number of carbonyl (C=O) groups is 1. The largest absolute Gasteiger partial charge is 0.300 e. The van der Waals surface area contributed by atoms with Crippen molar-refractivity contribution >= 4 is 11.7 Å². The lowest BCUT2D eigenvalue weighted by Gasteiger charge is -2.25. The number of anilines is 1. The molecule has 1 amide bonds. The van der Waals surface area contributed by atoms with Crippen LogP contribution in [0.4, 0.5) is 10.2 Å². The highest BCUT2D eigenvalue weighted by Gasteiger charge is 2.26. The zero-order chi connectivity index (χ0) is 11.6. The molecule has 82 valence electrons. The van der Waals surface area contributed by atoms with Crippen molar-refractivity contribution in [2.45, 2.75) is 20.8 Å². The Hall–Kier alpha value is -1.45. The molecule has 1 rings (SSSR count). The number of pyridine rings is 1. The summed E-state index contributed by atoms with van der Waals surface area (Å²) in [7, 11) is 1.63. The Labute approximate surface area is 88.9 Å². The van der Waals surface area contributed by atoms with Gasteiger partial charge >= 0.3 is 0 Å². The van der Waals surface area contributed by atoms with Crippen molar-refractivity contribution in [2.24, 2.45) is 5.41 Å². The van der Waals surface area contributed by atoms with Gasteiger partial charge in [-0.05, 0) is 12.1 Å². The molecule has 0 unspecified atom stereocenters. The monoisotopic (exact) mass is 210 g/mol. The van der Waals surface area contributed by atoms with Gasteiger partial charge in [-0.15, -0.1) is 0 Å². The van der Waals surface area contributed by atoms with E-state index < -0.39 is 11.2 Å². The summed E-state index contributed by atoms with van der Waals surface area (Å²) in [6.07, 6.45) is 1.10. The van der Waals surface area contributed by atoms with Gasteiger partial charge in [0.25, 0.3) is 0 Å². The third kappa shape index (κ3) is 2.75. The lowest BCUT2D eigenvalue weighted by atomic mass is 9.95. The van der Waals surface area contributed by atoms with Gasteiger partial charge in [0.05, 0.1) is 6.20 Å². The molecule has 0 aliphatic heterocycles. The van der Waals surface area contributed by atoms with E-state index in [1.165, 1.54) is 17.0 Å². The number of hydrogen-bond acceptors (Lipinski definition) is 2. The van der Waals surface area contributed by atoms with Gasteiger partial charge in [-0.2, -0.15) is 0 Å². The number of halogens is 1. The van der Waals surface area contributed by atoms with Crippen molar-refractivity contribution in [1.29, 1.82) is 0 Å². The average molecular weight is 210 g/mol. The second kappa shape index (κ2) is 3.96. The maximum atomic E-state index is 12.6. The molecule has 0 aromatic carbocycles. The van der Waals surface area contributed by atoms with E-state index in [-0.39, 0.29) is 5.91 Å². The van der Waals surface area contributed by atoms with Gasteiger partial charge in [0.2, 0.25) is 5.91 Å². The first-order chi connectivity index (χ1) is 6.82. The molecule has 1 aromatic rings. The van der Waals surface area contributed by atoms with E-state index in [9.17, 15) is 9.18 Å². The topological polar surface area (TPSA) is 33.2 Å². The zero-order valence-electron chi connectivity index (χ0n) is 9.41. The summed E-state index contributed by atoms with van der Waals surface area (Å²) in [4.78, 5) is 17.1. The standard InChI is InChI=1S/C11H15FN2O/c1-11(2,3)10(15)14(4)9-6-5-8(12)7-13-9/h5-7H,1-4H3. The molecule has 0 radical (unpaired) electrons. The molecule has 0 fully saturated rings. The highest BCUT2D eigenvalue weighted by Crippen LogP contribution is 2.20. The highest BCUT2D eigenvalue weighted by molar-refractivity contribution is 5.95. The Morgan fingerprint density at radius 3 is 2.40 bits per heavy atom. The number of amides is 1. The van der Waals surface area contributed by atoms with Gasteiger partial charge in [0.1, 0.15) is 11.6 Å². The first kappa shape index (κ1) is 11.6. The Morgan fingerprint density at radius 2 is 2.00 bits per heavy atom. The molecule has 0 spiro atoms. The molecule has 0 saturated carbocycles. The summed E-state index contributed by atoms with van der Waals surface area (Å²) in [6, 6.07) is 2.77. The fourth-order valence-electron chi connectivity index (χ4n) is 1.17. The Kier molecular flexibility index (Phi) is 3.07. The van der Waals surface area contributed by atoms with E-state index in [0.717, 1.165) is 6.20 Å². The van der Waals surface area contributed by atoms with Gasteiger partial charge < -0.3 is 0 Å². The van der Waals surface area contributed by atoms with Crippen molar-refractivity contribution in [3.8, 4) is 0 Å². The van der Waals surface area contributed by atoms with Crippen LogP contribution in [-0.2, 0) is 4.79 Å². The van der Waals surface area contributed by atoms with Crippen molar-refractivity contribution in [3.05, 3.63) is 24.1 Å². The fourth-order valence-corrected chi connectivity index (χ4v) is 1.17. The minimum absolute atomic E-state index is 0.0541. The first-order valence-electron chi connectivity index (χ1n) is 4.72. The van der Waals surface area contributed by atoms with E-state index in [1.54, 1.807) is 7.05 Å². The summed E-state index contributed by atoms with van der Waals surface area (Å²) < 4.78 is 12.6. The fraction of sp³-hybridized carbons (Fsp3) is 0.455. The Bertz CT molecular complexity index is 354. The van der Waals surface area contributed by atoms with E-state index >= 15 is 0 Å². The molecule has 1 aromatic heterocycles. The molecule has 0 aliphatic carbocycles. The third-order valence-electron chi connectivity index (χ3n) is 2.00. The van der Waals surface area contributed by atoms with E-state index in [2.05, 4.69) is 4.98 Å². The lowest BCUT2D eigenvalue weighted by molar-refractivity contribution is -0.125. The third-order valence-corrected chi connectivity index (χ3v) is 2.00. The normalized spacial score (nSPS) is 11.3. The van der Waals surface area contributed by atoms with Gasteiger partial charge in [0.15, 0.2) is 0 Å². The van der Waals surface area contributed by atoms with E-state index in [1.807, 2.05) is 20.8 Å². The number of aromatic nitrogens is 1. The molecule has 3 nitrogen and oxygen atoms in total. The van der Waals surface area contributed by atoms with Crippen LogP contribution in [-0.4, -0.2) is 17.9 Å². The molecular formula is C11H15FN2O. The van der Waals surface area contributed by atoms with Crippen molar-refractivity contribution in [1.82, 2.24) is 4.98 Å². The second-order valence-electron chi connectivity index (χ2n) is 4.45. The smallest absolute Gasteiger partial charge is 0.233 e. The second-order valence-corrected chi connectivity index (χ2v) is 4.45. The molecule has 0 bridgehead atoms. The maximum absolute atomic E-state index is 12.6. The Morgan fingerprint density at radius 1 is 1.40 bits per heavy atom. The quantitative estimate of drug-likeness (QED) is 0.712. The number of rotatable bonds is 1. The van der Waals surface area contributed by atoms with Crippen LogP contribution in [0.5, 0.6) is 0 Å². The van der Waals surface area contributed by atoms with Crippen LogP contribution in [0.15, 0.2) is 18.3 Å². The van der Waals surface area contributed by atoms with E-state index in [0.29, 0.717) is 5.82 Å². The van der Waals surface area contributed by atoms with Crippen LogP contribution in [0.1, 0.15) is 20.8 Å². The summed E-state index contributed by atoms with van der Waals surface area (Å²) >= 11 is 0. The van der Waals surface area contributed by atoms with Gasteiger partial charge in [-0.1, -0.05) is 20.8 Å². The number of carbonyl (C=O) groups excluding carboxylic acids is 1. The summed E-state index contributed by atoms with van der Waals surface area (Å²) in [6.45, 7) is 5.49. The lowest BCUT2D eigenvalue weighted by Crippen LogP contribution is -2.37. The van der Waals surface area contributed by atoms with Crippen molar-refractivity contribution < 1.29 is 9.18 Å². The predicted octanol–water partition coefficient (Wildman–Crippen LogP) is 2.23. The molecule has 0 atom stereocenters. The Balaban J connectivity index is 2.90. The van der Waals surface area contributed by atoms with Gasteiger partial charge in [0, 0.05) is 12.5 Å². The van der Waals surface area contributed by atoms with Crippen LogP contribution in [0.3, 0.4) is 0 Å². The van der Waals surface area contributed by atoms with Crippen molar-refractivity contribution in [3.63, 3.8) is 0 Å². The van der Waals surface area contributed by atoms with Gasteiger partial charge in [-0.3, -0.25) is 9.69 Å². The maximum Gasteiger partial charge on any atom is 0.233 e. The van der Waals surface area contributed by atoms with Crippen molar-refractivity contribution in [2.75, 3.05) is 11.9 Å². The molecule has 15 heavy (non-hydrogen) atoms. The molecule has 4 heteroatoms. The molecule has 1 heterocycles. The summed E-state index contributed by atoms with van der Waals surface area (Å²) in [5.74, 6) is -0.00621. The molecule has 0 N–H and O–H groups in total. The van der Waals surface area contributed by atoms with Gasteiger partial charge in [-0.25, -0.2) is 9.37 Å². The minimum Gasteiger partial charge on any atom is -0.300 e. The molecule has 0 saturated heterocycles. The molecular weight excluding hydrogens is 195 g/mol. The summed E-state index contributed by atoms with van der Waals surface area (Å²) in [5, 5.41) is 0. The van der Waals surface area contributed by atoms with Crippen LogP contribution in [0.2, 0.25) is 0 Å². The minimum atomic E-state index is -0.467. The average Bonchev–Trinajstić information content (AvgIpc) is 2.15. The predicted molar refractivity (Wildman–Crippen MR) is 57.1 cm³/mol. The van der Waals surface area contributed by atoms with E-state index in [4.69, 9.17) is 0 Å². The van der Waals surface area contributed by atoms with Crippen LogP contribution in [0.25, 0.3) is 0 Å². The molecule has 0 aliphatic rings. The number of hydrogen-bond donors (Lipinski definition) is 0. The van der Waals surface area contributed by atoms with Crippen LogP contribution < -0.4 is 4.90 Å². The van der Waals surface area contributed by atoms with Crippen LogP contribution >= 0.6 is 0 Å². The van der Waals surface area contributed by atoms with Crippen LogP contribution in [0, 0.1) is 11.2 Å². The first-order valence-corrected chi connectivity index (χ1v) is 4.72. The SMILES string of the molecule is CN(C(=O)C(C)(C)C)c1ccc(F)cn1.